The van der Waals surface area contributed by atoms with Crippen LogP contribution in [0.25, 0.3) is 0 Å². The molecule has 68 valence electrons. The molecule has 2 rings (SSSR count). The second kappa shape index (κ2) is 4.13. The molecule has 0 spiro atoms. The summed E-state index contributed by atoms with van der Waals surface area (Å²) < 4.78 is 0. The van der Waals surface area contributed by atoms with E-state index in [1.165, 1.54) is 4.88 Å². The fraction of sp³-hybridized carbons (Fsp3) is 0.0769. The molecule has 1 heteroatoms. The molecule has 0 radical (unpaired) electrons. The number of hydrogen-bond donors (Lipinski definition) is 0. The summed E-state index contributed by atoms with van der Waals surface area (Å²) in [7, 11) is 0. The standard InChI is InChI=1S/C13H10S/c1-11-9-13(10-14-11)8-7-12-5-3-2-4-6-12/h2-6,9-10H,1H3. The highest BCUT2D eigenvalue weighted by atomic mass is 32.1. The van der Waals surface area contributed by atoms with Gasteiger partial charge in [0.2, 0.25) is 0 Å². The van der Waals surface area contributed by atoms with E-state index in [4.69, 9.17) is 0 Å². The van der Waals surface area contributed by atoms with Crippen molar-refractivity contribution in [3.63, 3.8) is 0 Å². The first kappa shape index (κ1) is 9.05. The molecule has 0 nitrogen and oxygen atoms in total. The van der Waals surface area contributed by atoms with Gasteiger partial charge in [-0.3, -0.25) is 0 Å². The van der Waals surface area contributed by atoms with Gasteiger partial charge < -0.3 is 0 Å². The predicted molar refractivity (Wildman–Crippen MR) is 61.5 cm³/mol. The molecule has 1 heterocycles. The lowest BCUT2D eigenvalue weighted by molar-refractivity contribution is 1.62. The van der Waals surface area contributed by atoms with Crippen molar-refractivity contribution in [2.45, 2.75) is 6.92 Å². The highest BCUT2D eigenvalue weighted by Crippen LogP contribution is 2.11. The summed E-state index contributed by atoms with van der Waals surface area (Å²) in [5.41, 5.74) is 2.17. The second-order valence-electron chi connectivity index (χ2n) is 3.06. The minimum Gasteiger partial charge on any atom is -0.148 e. The van der Waals surface area contributed by atoms with Crippen molar-refractivity contribution in [1.29, 1.82) is 0 Å². The molecule has 0 N–H and O–H groups in total. The summed E-state index contributed by atoms with van der Waals surface area (Å²) in [4.78, 5) is 1.31. The lowest BCUT2D eigenvalue weighted by Crippen LogP contribution is -1.71. The van der Waals surface area contributed by atoms with Gasteiger partial charge in [0.15, 0.2) is 0 Å². The van der Waals surface area contributed by atoms with E-state index in [0.29, 0.717) is 0 Å². The molecule has 0 aliphatic carbocycles. The third kappa shape index (κ3) is 2.25. The molecule has 0 fully saturated rings. The van der Waals surface area contributed by atoms with Crippen LogP contribution in [0.4, 0.5) is 0 Å². The average Bonchev–Trinajstić information content (AvgIpc) is 2.63. The maximum atomic E-state index is 3.14. The van der Waals surface area contributed by atoms with Crippen molar-refractivity contribution >= 4 is 11.3 Å². The summed E-state index contributed by atoms with van der Waals surface area (Å²) in [6.45, 7) is 2.10. The lowest BCUT2D eigenvalue weighted by atomic mass is 10.2. The molecule has 0 aliphatic rings. The number of hydrogen-bond acceptors (Lipinski definition) is 1. The monoisotopic (exact) mass is 198 g/mol. The van der Waals surface area contributed by atoms with E-state index in [0.717, 1.165) is 11.1 Å². The van der Waals surface area contributed by atoms with Gasteiger partial charge in [-0.05, 0) is 25.1 Å². The average molecular weight is 198 g/mol. The molecular weight excluding hydrogens is 188 g/mol. The highest BCUT2D eigenvalue weighted by Gasteiger charge is 1.90. The van der Waals surface area contributed by atoms with E-state index in [2.05, 4.69) is 30.2 Å². The molecule has 1 aromatic heterocycles. The van der Waals surface area contributed by atoms with Crippen molar-refractivity contribution in [3.8, 4) is 11.8 Å². The van der Waals surface area contributed by atoms with Crippen molar-refractivity contribution < 1.29 is 0 Å². The SMILES string of the molecule is Cc1cc(C#Cc2ccccc2)cs1. The van der Waals surface area contributed by atoms with Crippen LogP contribution in [0.2, 0.25) is 0 Å². The summed E-state index contributed by atoms with van der Waals surface area (Å²) in [6, 6.07) is 12.2. The number of benzene rings is 1. The van der Waals surface area contributed by atoms with Gasteiger partial charge in [-0.1, -0.05) is 30.0 Å². The van der Waals surface area contributed by atoms with Crippen LogP contribution in [-0.4, -0.2) is 0 Å². The van der Waals surface area contributed by atoms with E-state index in [-0.39, 0.29) is 0 Å². The Labute approximate surface area is 88.2 Å². The number of rotatable bonds is 0. The van der Waals surface area contributed by atoms with Crippen LogP contribution >= 0.6 is 11.3 Å². The van der Waals surface area contributed by atoms with Gasteiger partial charge in [-0.15, -0.1) is 11.3 Å². The summed E-state index contributed by atoms with van der Waals surface area (Å²) in [5, 5.41) is 2.09. The van der Waals surface area contributed by atoms with Crippen LogP contribution in [0, 0.1) is 18.8 Å². The minimum absolute atomic E-state index is 1.07. The first-order valence-corrected chi connectivity index (χ1v) is 5.35. The molecule has 0 atom stereocenters. The number of aryl methyl sites for hydroxylation is 1. The highest BCUT2D eigenvalue weighted by molar-refractivity contribution is 7.10. The normalized spacial score (nSPS) is 9.21. The zero-order valence-electron chi connectivity index (χ0n) is 7.95. The Morgan fingerprint density at radius 2 is 1.71 bits per heavy atom. The minimum atomic E-state index is 1.07. The zero-order valence-corrected chi connectivity index (χ0v) is 8.77. The Hall–Kier alpha value is -1.52. The van der Waals surface area contributed by atoms with E-state index >= 15 is 0 Å². The molecule has 0 unspecified atom stereocenters. The van der Waals surface area contributed by atoms with Crippen molar-refractivity contribution in [1.82, 2.24) is 0 Å². The fourth-order valence-corrected chi connectivity index (χ4v) is 1.81. The molecule has 14 heavy (non-hydrogen) atoms. The maximum Gasteiger partial charge on any atom is 0.0358 e. The molecule has 0 saturated carbocycles. The van der Waals surface area contributed by atoms with Gasteiger partial charge in [0.05, 0.1) is 0 Å². The maximum absolute atomic E-state index is 3.14. The van der Waals surface area contributed by atoms with Gasteiger partial charge in [-0.2, -0.15) is 0 Å². The number of thiophene rings is 1. The first-order chi connectivity index (χ1) is 6.84. The van der Waals surface area contributed by atoms with Crippen molar-refractivity contribution in [2.24, 2.45) is 0 Å². The van der Waals surface area contributed by atoms with Gasteiger partial charge in [0.1, 0.15) is 0 Å². The van der Waals surface area contributed by atoms with Gasteiger partial charge >= 0.3 is 0 Å². The smallest absolute Gasteiger partial charge is 0.0358 e. The molecular formula is C13H10S. The molecule has 0 bridgehead atoms. The Morgan fingerprint density at radius 3 is 2.36 bits per heavy atom. The van der Waals surface area contributed by atoms with E-state index in [1.807, 2.05) is 30.3 Å². The zero-order chi connectivity index (χ0) is 9.80. The topological polar surface area (TPSA) is 0 Å². The molecule has 0 saturated heterocycles. The van der Waals surface area contributed by atoms with Gasteiger partial charge in [0, 0.05) is 21.4 Å². The fourth-order valence-electron chi connectivity index (χ4n) is 1.17. The van der Waals surface area contributed by atoms with E-state index in [1.54, 1.807) is 11.3 Å². The van der Waals surface area contributed by atoms with Crippen LogP contribution in [0.15, 0.2) is 41.8 Å². The quantitative estimate of drug-likeness (QED) is 0.569. The van der Waals surface area contributed by atoms with Crippen molar-refractivity contribution in [2.75, 3.05) is 0 Å². The summed E-state index contributed by atoms with van der Waals surface area (Å²) in [5.74, 6) is 6.27. The third-order valence-corrected chi connectivity index (χ3v) is 2.72. The first-order valence-electron chi connectivity index (χ1n) is 4.47. The van der Waals surface area contributed by atoms with Gasteiger partial charge in [-0.25, -0.2) is 0 Å². The predicted octanol–water partition coefficient (Wildman–Crippen LogP) is 3.46. The van der Waals surface area contributed by atoms with Crippen LogP contribution in [0.5, 0.6) is 0 Å². The third-order valence-electron chi connectivity index (χ3n) is 1.86. The molecule has 0 aliphatic heterocycles. The van der Waals surface area contributed by atoms with Crippen LogP contribution in [0.3, 0.4) is 0 Å². The molecule has 2 aromatic rings. The Kier molecular flexibility index (Phi) is 2.67. The van der Waals surface area contributed by atoms with Crippen LogP contribution < -0.4 is 0 Å². The Morgan fingerprint density at radius 1 is 1.00 bits per heavy atom. The van der Waals surface area contributed by atoms with Crippen molar-refractivity contribution in [3.05, 3.63) is 57.8 Å². The molecule has 1 aromatic carbocycles. The largest absolute Gasteiger partial charge is 0.148 e. The van der Waals surface area contributed by atoms with E-state index in [9.17, 15) is 0 Å². The van der Waals surface area contributed by atoms with Crippen LogP contribution in [-0.2, 0) is 0 Å². The Bertz CT molecular complexity index is 469. The Balaban J connectivity index is 2.23. The second-order valence-corrected chi connectivity index (χ2v) is 4.18. The summed E-state index contributed by atoms with van der Waals surface area (Å²) >= 11 is 1.74. The van der Waals surface area contributed by atoms with Crippen LogP contribution in [0.1, 0.15) is 16.0 Å². The summed E-state index contributed by atoms with van der Waals surface area (Å²) in [6.07, 6.45) is 0. The van der Waals surface area contributed by atoms with Gasteiger partial charge in [0.25, 0.3) is 0 Å². The molecule has 0 amide bonds. The lowest BCUT2D eigenvalue weighted by Gasteiger charge is -1.85. The van der Waals surface area contributed by atoms with E-state index < -0.39 is 0 Å².